The lowest BCUT2D eigenvalue weighted by Gasteiger charge is -2.07. The molecular formula is C16H27N. The lowest BCUT2D eigenvalue weighted by Crippen LogP contribution is -2.23. The highest BCUT2D eigenvalue weighted by Crippen LogP contribution is 2.09. The second-order valence-corrected chi connectivity index (χ2v) is 5.09. The molecular weight excluding hydrogens is 206 g/mol. The van der Waals surface area contributed by atoms with E-state index in [1.54, 1.807) is 0 Å². The fourth-order valence-corrected chi connectivity index (χ4v) is 1.96. The summed E-state index contributed by atoms with van der Waals surface area (Å²) in [4.78, 5) is 0. The third-order valence-electron chi connectivity index (χ3n) is 3.13. The van der Waals surface area contributed by atoms with Crippen molar-refractivity contribution in [3.8, 4) is 0 Å². The molecule has 0 spiro atoms. The minimum Gasteiger partial charge on any atom is -0.315 e. The minimum atomic E-state index is 0.622. The van der Waals surface area contributed by atoms with Crippen molar-refractivity contribution in [1.29, 1.82) is 0 Å². The van der Waals surface area contributed by atoms with Crippen LogP contribution >= 0.6 is 0 Å². The number of hydrogen-bond donors (Lipinski definition) is 1. The first-order valence-electron chi connectivity index (χ1n) is 7.03. The Labute approximate surface area is 107 Å². The lowest BCUT2D eigenvalue weighted by molar-refractivity contribution is 0.548. The maximum atomic E-state index is 3.46. The summed E-state index contributed by atoms with van der Waals surface area (Å²) in [6.07, 6.45) is 6.30. The zero-order valence-electron chi connectivity index (χ0n) is 11.6. The van der Waals surface area contributed by atoms with E-state index in [9.17, 15) is 0 Å². The van der Waals surface area contributed by atoms with Crippen molar-refractivity contribution < 1.29 is 0 Å². The molecule has 0 amide bonds. The molecule has 1 aromatic rings. The molecule has 0 saturated carbocycles. The number of aryl methyl sites for hydroxylation is 2. The number of unbranched alkanes of at least 4 members (excludes halogenated alkanes) is 2. The van der Waals surface area contributed by atoms with Crippen LogP contribution in [0.5, 0.6) is 0 Å². The van der Waals surface area contributed by atoms with E-state index < -0.39 is 0 Å². The lowest BCUT2D eigenvalue weighted by atomic mass is 10.0. The van der Waals surface area contributed by atoms with Gasteiger partial charge in [-0.1, -0.05) is 51.5 Å². The Bertz CT molecular complexity index is 287. The van der Waals surface area contributed by atoms with Crippen LogP contribution in [0.25, 0.3) is 0 Å². The molecule has 0 heterocycles. The summed E-state index contributed by atoms with van der Waals surface area (Å²) in [5, 5.41) is 3.46. The monoisotopic (exact) mass is 233 g/mol. The third kappa shape index (κ3) is 6.48. The van der Waals surface area contributed by atoms with Crippen LogP contribution in [0, 0.1) is 0 Å². The molecule has 17 heavy (non-hydrogen) atoms. The maximum absolute atomic E-state index is 3.46. The van der Waals surface area contributed by atoms with Crippen LogP contribution in [-0.2, 0) is 12.8 Å². The Balaban J connectivity index is 2.09. The Hall–Kier alpha value is -0.820. The van der Waals surface area contributed by atoms with E-state index in [0.29, 0.717) is 6.04 Å². The van der Waals surface area contributed by atoms with Gasteiger partial charge in [0.2, 0.25) is 0 Å². The van der Waals surface area contributed by atoms with E-state index >= 15 is 0 Å². The van der Waals surface area contributed by atoms with Crippen LogP contribution in [0.4, 0.5) is 0 Å². The Morgan fingerprint density at radius 3 is 2.18 bits per heavy atom. The van der Waals surface area contributed by atoms with E-state index in [4.69, 9.17) is 0 Å². The van der Waals surface area contributed by atoms with Crippen LogP contribution in [0.1, 0.15) is 51.2 Å². The second kappa shape index (κ2) is 8.30. The average molecular weight is 233 g/mol. The van der Waals surface area contributed by atoms with Gasteiger partial charge in [-0.15, -0.1) is 0 Å². The van der Waals surface area contributed by atoms with Crippen molar-refractivity contribution in [3.05, 3.63) is 35.4 Å². The van der Waals surface area contributed by atoms with Crippen molar-refractivity contribution in [2.75, 3.05) is 6.54 Å². The van der Waals surface area contributed by atoms with Gasteiger partial charge in [0, 0.05) is 6.04 Å². The number of benzene rings is 1. The summed E-state index contributed by atoms with van der Waals surface area (Å²) >= 11 is 0. The summed E-state index contributed by atoms with van der Waals surface area (Å²) in [5.41, 5.74) is 2.92. The highest BCUT2D eigenvalue weighted by Gasteiger charge is 1.95. The van der Waals surface area contributed by atoms with Crippen molar-refractivity contribution >= 4 is 0 Å². The highest BCUT2D eigenvalue weighted by atomic mass is 14.9. The van der Waals surface area contributed by atoms with Gasteiger partial charge in [-0.05, 0) is 43.4 Å². The SMILES string of the molecule is CCc1ccc(CCCCCNC(C)C)cc1. The van der Waals surface area contributed by atoms with Crippen LogP contribution < -0.4 is 5.32 Å². The number of nitrogens with one attached hydrogen (secondary N) is 1. The van der Waals surface area contributed by atoms with Gasteiger partial charge in [-0.2, -0.15) is 0 Å². The van der Waals surface area contributed by atoms with E-state index in [-0.39, 0.29) is 0 Å². The minimum absolute atomic E-state index is 0.622. The molecule has 96 valence electrons. The summed E-state index contributed by atoms with van der Waals surface area (Å²) in [5.74, 6) is 0. The highest BCUT2D eigenvalue weighted by molar-refractivity contribution is 5.22. The Kier molecular flexibility index (Phi) is 6.95. The van der Waals surface area contributed by atoms with Crippen molar-refractivity contribution in [2.24, 2.45) is 0 Å². The molecule has 1 aromatic carbocycles. The van der Waals surface area contributed by atoms with Crippen molar-refractivity contribution in [1.82, 2.24) is 5.32 Å². The maximum Gasteiger partial charge on any atom is 0.00103 e. The standard InChI is InChI=1S/C16H27N/c1-4-15-9-11-16(12-10-15)8-6-5-7-13-17-14(2)3/h9-12,14,17H,4-8,13H2,1-3H3. The van der Waals surface area contributed by atoms with Gasteiger partial charge in [0.1, 0.15) is 0 Å². The van der Waals surface area contributed by atoms with Gasteiger partial charge in [0.15, 0.2) is 0 Å². The van der Waals surface area contributed by atoms with Gasteiger partial charge in [0.25, 0.3) is 0 Å². The van der Waals surface area contributed by atoms with Gasteiger partial charge in [-0.25, -0.2) is 0 Å². The predicted molar refractivity (Wildman–Crippen MR) is 76.5 cm³/mol. The second-order valence-electron chi connectivity index (χ2n) is 5.09. The largest absolute Gasteiger partial charge is 0.315 e. The van der Waals surface area contributed by atoms with E-state index in [1.165, 1.54) is 36.8 Å². The first-order chi connectivity index (χ1) is 8.22. The summed E-state index contributed by atoms with van der Waals surface area (Å²) in [6.45, 7) is 7.77. The molecule has 0 atom stereocenters. The van der Waals surface area contributed by atoms with Gasteiger partial charge < -0.3 is 5.32 Å². The van der Waals surface area contributed by atoms with E-state index in [2.05, 4.69) is 50.4 Å². The molecule has 0 bridgehead atoms. The summed E-state index contributed by atoms with van der Waals surface area (Å²) < 4.78 is 0. The zero-order valence-corrected chi connectivity index (χ0v) is 11.6. The molecule has 0 saturated heterocycles. The van der Waals surface area contributed by atoms with Gasteiger partial charge >= 0.3 is 0 Å². The third-order valence-corrected chi connectivity index (χ3v) is 3.13. The van der Waals surface area contributed by atoms with E-state index in [1.807, 2.05) is 0 Å². The average Bonchev–Trinajstić information content (AvgIpc) is 2.34. The number of rotatable bonds is 8. The molecule has 0 unspecified atom stereocenters. The Morgan fingerprint density at radius 2 is 1.59 bits per heavy atom. The molecule has 1 N–H and O–H groups in total. The molecule has 0 fully saturated rings. The van der Waals surface area contributed by atoms with Gasteiger partial charge in [0.05, 0.1) is 0 Å². The topological polar surface area (TPSA) is 12.0 Å². The van der Waals surface area contributed by atoms with E-state index in [0.717, 1.165) is 13.0 Å². The number of hydrogen-bond acceptors (Lipinski definition) is 1. The Morgan fingerprint density at radius 1 is 0.941 bits per heavy atom. The van der Waals surface area contributed by atoms with Crippen LogP contribution in [0.2, 0.25) is 0 Å². The normalized spacial score (nSPS) is 11.1. The smallest absolute Gasteiger partial charge is 0.00103 e. The fourth-order valence-electron chi connectivity index (χ4n) is 1.96. The zero-order chi connectivity index (χ0) is 12.5. The molecule has 0 aliphatic heterocycles. The van der Waals surface area contributed by atoms with Crippen LogP contribution in [0.15, 0.2) is 24.3 Å². The quantitative estimate of drug-likeness (QED) is 0.670. The molecule has 0 radical (unpaired) electrons. The summed E-state index contributed by atoms with van der Waals surface area (Å²) in [6, 6.07) is 9.71. The van der Waals surface area contributed by atoms with Crippen LogP contribution in [0.3, 0.4) is 0 Å². The molecule has 1 rings (SSSR count). The van der Waals surface area contributed by atoms with Crippen molar-refractivity contribution in [2.45, 2.75) is 58.9 Å². The molecule has 1 heteroatoms. The summed E-state index contributed by atoms with van der Waals surface area (Å²) in [7, 11) is 0. The predicted octanol–water partition coefficient (Wildman–Crippen LogP) is 3.96. The van der Waals surface area contributed by atoms with Crippen LogP contribution in [-0.4, -0.2) is 12.6 Å². The van der Waals surface area contributed by atoms with Gasteiger partial charge in [-0.3, -0.25) is 0 Å². The molecule has 0 aliphatic carbocycles. The molecule has 0 aromatic heterocycles. The van der Waals surface area contributed by atoms with Crippen molar-refractivity contribution in [3.63, 3.8) is 0 Å². The molecule has 1 nitrogen and oxygen atoms in total. The first-order valence-corrected chi connectivity index (χ1v) is 7.03. The molecule has 0 aliphatic rings. The fraction of sp³-hybridized carbons (Fsp3) is 0.625. The first kappa shape index (κ1) is 14.2.